The van der Waals surface area contributed by atoms with E-state index in [0.29, 0.717) is 12.5 Å². The lowest BCUT2D eigenvalue weighted by molar-refractivity contribution is -0.141. The molecule has 1 aromatic carbocycles. The van der Waals surface area contributed by atoms with E-state index in [1.807, 2.05) is 19.9 Å². The Morgan fingerprint density at radius 2 is 1.86 bits per heavy atom. The normalized spacial score (nSPS) is 31.5. The second-order valence-corrected chi connectivity index (χ2v) is 8.88. The lowest BCUT2D eigenvalue weighted by atomic mass is 10.0. The Hall–Kier alpha value is -1.96. The van der Waals surface area contributed by atoms with Gasteiger partial charge < -0.3 is 4.90 Å². The first kappa shape index (κ1) is 19.4. The molecule has 0 aliphatic carbocycles. The van der Waals surface area contributed by atoms with E-state index in [9.17, 15) is 9.59 Å². The number of urea groups is 1. The van der Waals surface area contributed by atoms with E-state index in [1.165, 1.54) is 10.5 Å². The average Bonchev–Trinajstić information content (AvgIpc) is 3.04. The third-order valence-electron chi connectivity index (χ3n) is 5.95. The molecule has 4 rings (SSSR count). The van der Waals surface area contributed by atoms with Crippen LogP contribution in [0.2, 0.25) is 0 Å². The van der Waals surface area contributed by atoms with Crippen molar-refractivity contribution in [3.8, 4) is 0 Å². The highest BCUT2D eigenvalue weighted by molar-refractivity contribution is 6.00. The molecule has 7 heteroatoms. The molecule has 3 aliphatic rings. The van der Waals surface area contributed by atoms with Crippen molar-refractivity contribution in [2.24, 2.45) is 11.8 Å². The Morgan fingerprint density at radius 1 is 1.14 bits per heavy atom. The predicted molar refractivity (Wildman–Crippen MR) is 107 cm³/mol. The number of hydrogen-bond donors (Lipinski definition) is 1. The number of imide groups is 1. The number of carbonyl (C=O) groups is 2. The minimum atomic E-state index is -0.326. The first-order valence-corrected chi connectivity index (χ1v) is 10.2. The molecule has 7 nitrogen and oxygen atoms in total. The van der Waals surface area contributed by atoms with Crippen LogP contribution in [0.5, 0.6) is 0 Å². The van der Waals surface area contributed by atoms with Crippen LogP contribution in [0.1, 0.15) is 26.3 Å². The summed E-state index contributed by atoms with van der Waals surface area (Å²) in [5, 5.41) is 3.58. The molecule has 4 unspecified atom stereocenters. The summed E-state index contributed by atoms with van der Waals surface area (Å²) in [7, 11) is 1.80. The van der Waals surface area contributed by atoms with Gasteiger partial charge in [-0.1, -0.05) is 51.1 Å². The summed E-state index contributed by atoms with van der Waals surface area (Å²) in [6, 6.07) is 9.89. The summed E-state index contributed by atoms with van der Waals surface area (Å²) in [5.74, 6) is 0.637. The smallest absolute Gasteiger partial charge is 0.310 e. The number of hydrogen-bond acceptors (Lipinski definition) is 5. The number of amides is 3. The Bertz CT molecular complexity index is 740. The highest BCUT2D eigenvalue weighted by atomic mass is 16.2. The van der Waals surface area contributed by atoms with Gasteiger partial charge in [-0.3, -0.25) is 24.8 Å². The van der Waals surface area contributed by atoms with Crippen molar-refractivity contribution in [2.45, 2.75) is 45.8 Å². The van der Waals surface area contributed by atoms with E-state index in [0.717, 1.165) is 19.6 Å². The van der Waals surface area contributed by atoms with Crippen molar-refractivity contribution in [3.63, 3.8) is 0 Å². The fourth-order valence-corrected chi connectivity index (χ4v) is 4.79. The molecule has 4 atom stereocenters. The fraction of sp³-hybridized carbons (Fsp3) is 0.619. The molecule has 0 radical (unpaired) electrons. The summed E-state index contributed by atoms with van der Waals surface area (Å²) in [4.78, 5) is 33.9. The van der Waals surface area contributed by atoms with Gasteiger partial charge in [-0.2, -0.15) is 0 Å². The van der Waals surface area contributed by atoms with Gasteiger partial charge in [-0.05, 0) is 17.4 Å². The number of fused-ring (bicyclic) bond motifs is 3. The zero-order chi connectivity index (χ0) is 20.0. The highest BCUT2D eigenvalue weighted by Crippen LogP contribution is 2.32. The number of benzene rings is 1. The van der Waals surface area contributed by atoms with Crippen molar-refractivity contribution in [3.05, 3.63) is 35.9 Å². The molecule has 3 fully saturated rings. The molecule has 3 heterocycles. The van der Waals surface area contributed by atoms with Crippen LogP contribution in [0.3, 0.4) is 0 Å². The monoisotopic (exact) mass is 385 g/mol. The maximum Gasteiger partial charge on any atom is 0.327 e. The van der Waals surface area contributed by atoms with Gasteiger partial charge in [-0.15, -0.1) is 0 Å². The largest absolute Gasteiger partial charge is 0.327 e. The molecule has 3 saturated heterocycles. The van der Waals surface area contributed by atoms with E-state index in [-0.39, 0.29) is 36.4 Å². The molecule has 3 aliphatic heterocycles. The first-order valence-electron chi connectivity index (χ1n) is 10.2. The molecule has 1 N–H and O–H groups in total. The number of nitrogens with one attached hydrogen (secondary N) is 1. The number of carbonyl (C=O) groups excluding carboxylic acids is 2. The molecule has 0 saturated carbocycles. The molecular formula is C21H31N5O2. The molecule has 152 valence electrons. The van der Waals surface area contributed by atoms with Crippen LogP contribution in [-0.2, 0) is 11.3 Å². The summed E-state index contributed by atoms with van der Waals surface area (Å²) in [6.07, 6.45) is -0.318. The molecule has 3 amide bonds. The van der Waals surface area contributed by atoms with Crippen molar-refractivity contribution in [1.29, 1.82) is 0 Å². The minimum absolute atomic E-state index is 0.0374. The van der Waals surface area contributed by atoms with Crippen LogP contribution < -0.4 is 5.32 Å². The quantitative estimate of drug-likeness (QED) is 0.853. The van der Waals surface area contributed by atoms with Crippen LogP contribution in [0.4, 0.5) is 4.79 Å². The zero-order valence-corrected chi connectivity index (χ0v) is 17.2. The molecule has 0 bridgehead atoms. The van der Waals surface area contributed by atoms with Crippen molar-refractivity contribution >= 4 is 11.9 Å². The zero-order valence-electron chi connectivity index (χ0n) is 17.2. The highest BCUT2D eigenvalue weighted by Gasteiger charge is 2.56. The molecule has 28 heavy (non-hydrogen) atoms. The van der Waals surface area contributed by atoms with Crippen LogP contribution in [-0.4, -0.2) is 76.7 Å². The van der Waals surface area contributed by atoms with Gasteiger partial charge in [-0.25, -0.2) is 4.79 Å². The maximum absolute atomic E-state index is 13.3. The van der Waals surface area contributed by atoms with E-state index in [2.05, 4.69) is 46.3 Å². The third kappa shape index (κ3) is 3.32. The van der Waals surface area contributed by atoms with Gasteiger partial charge in [0.2, 0.25) is 0 Å². The van der Waals surface area contributed by atoms with Crippen LogP contribution in [0.15, 0.2) is 30.3 Å². The number of rotatable bonds is 4. The second kappa shape index (κ2) is 7.46. The Balaban J connectivity index is 1.60. The van der Waals surface area contributed by atoms with Gasteiger partial charge in [0.1, 0.15) is 18.5 Å². The average molecular weight is 386 g/mol. The van der Waals surface area contributed by atoms with Gasteiger partial charge in [0.15, 0.2) is 0 Å². The van der Waals surface area contributed by atoms with Crippen LogP contribution in [0.25, 0.3) is 0 Å². The topological polar surface area (TPSA) is 59.1 Å². The summed E-state index contributed by atoms with van der Waals surface area (Å²) in [6.45, 7) is 9.40. The summed E-state index contributed by atoms with van der Waals surface area (Å²) < 4.78 is 0. The van der Waals surface area contributed by atoms with E-state index in [1.54, 1.807) is 11.9 Å². The van der Waals surface area contributed by atoms with E-state index >= 15 is 0 Å². The first-order chi connectivity index (χ1) is 13.4. The van der Waals surface area contributed by atoms with Crippen molar-refractivity contribution in [1.82, 2.24) is 24.9 Å². The molecule has 0 aromatic heterocycles. The fourth-order valence-electron chi connectivity index (χ4n) is 4.79. The Morgan fingerprint density at radius 3 is 2.54 bits per heavy atom. The van der Waals surface area contributed by atoms with Crippen LogP contribution in [0, 0.1) is 11.8 Å². The number of likely N-dealkylation sites (N-methyl/N-ethyl adjacent to an activating group) is 1. The predicted octanol–water partition coefficient (Wildman–Crippen LogP) is 1.57. The summed E-state index contributed by atoms with van der Waals surface area (Å²) in [5.41, 5.74) is 1.26. The van der Waals surface area contributed by atoms with Gasteiger partial charge in [0.05, 0.1) is 0 Å². The lowest BCUT2D eigenvalue weighted by Gasteiger charge is -2.45. The molecule has 1 aromatic rings. The number of nitrogens with zero attached hydrogens (tertiary/aromatic N) is 4. The van der Waals surface area contributed by atoms with Crippen molar-refractivity contribution < 1.29 is 9.59 Å². The standard InChI is InChI=1S/C21H31N5O2/c1-14(2)10-26-19(27)17-18(23(4)21(26)28)22-20-24(11-15(3)12-25(17)20)13-16-8-6-5-7-9-16/h5-9,14-15,17-18,20,22H,10-13H2,1-4H3. The Kier molecular flexibility index (Phi) is 5.16. The SMILES string of the molecule is CC(C)CN1C(=O)C2C(NC3N(Cc4ccccc4)CC(C)CN23)N(C)C1=O. The maximum atomic E-state index is 13.3. The summed E-state index contributed by atoms with van der Waals surface area (Å²) >= 11 is 0. The Labute approximate surface area is 167 Å². The lowest BCUT2D eigenvalue weighted by Crippen LogP contribution is -2.67. The van der Waals surface area contributed by atoms with Gasteiger partial charge >= 0.3 is 6.03 Å². The van der Waals surface area contributed by atoms with Crippen LogP contribution >= 0.6 is 0 Å². The van der Waals surface area contributed by atoms with E-state index in [4.69, 9.17) is 0 Å². The minimum Gasteiger partial charge on any atom is -0.310 e. The third-order valence-corrected chi connectivity index (χ3v) is 5.95. The van der Waals surface area contributed by atoms with E-state index < -0.39 is 0 Å². The molecular weight excluding hydrogens is 354 g/mol. The second-order valence-electron chi connectivity index (χ2n) is 8.88. The van der Waals surface area contributed by atoms with Gasteiger partial charge in [0.25, 0.3) is 5.91 Å². The van der Waals surface area contributed by atoms with Crippen molar-refractivity contribution in [2.75, 3.05) is 26.7 Å². The molecule has 0 spiro atoms. The van der Waals surface area contributed by atoms with Gasteiger partial charge in [0, 0.05) is 33.2 Å².